The maximum atomic E-state index is 11.7. The van der Waals surface area contributed by atoms with E-state index >= 15 is 0 Å². The zero-order chi connectivity index (χ0) is 95.8. The van der Waals surface area contributed by atoms with E-state index in [9.17, 15) is 66.5 Å². The molecule has 1 aliphatic heterocycles. The van der Waals surface area contributed by atoms with Gasteiger partial charge in [0, 0.05) is 36.3 Å². The Morgan fingerprint density at radius 3 is 1.11 bits per heavy atom. The summed E-state index contributed by atoms with van der Waals surface area (Å²) >= 11 is 0. The van der Waals surface area contributed by atoms with Gasteiger partial charge in [-0.15, -0.1) is 0 Å². The lowest BCUT2D eigenvalue weighted by molar-refractivity contribution is -0.512. The monoisotopic (exact) mass is 1730 g/mol. The van der Waals surface area contributed by atoms with Crippen molar-refractivity contribution in [3.63, 3.8) is 0 Å². The van der Waals surface area contributed by atoms with Gasteiger partial charge in [-0.25, -0.2) is 37.1 Å². The molecule has 0 radical (unpaired) electrons. The number of nitrogens with one attached hydrogen (secondary N) is 4. The highest BCUT2D eigenvalue weighted by atomic mass is 32.2. The van der Waals surface area contributed by atoms with Crippen molar-refractivity contribution in [3.05, 3.63) is 22.5 Å². The summed E-state index contributed by atoms with van der Waals surface area (Å²) in [6.07, 6.45) is 9.05. The predicted octanol–water partition coefficient (Wildman–Crippen LogP) is 12.9. The van der Waals surface area contributed by atoms with Gasteiger partial charge in [0.1, 0.15) is 46.7 Å². The normalized spacial score (nSPS) is 14.5. The Hall–Kier alpha value is -6.49. The maximum absolute atomic E-state index is 11.7. The predicted molar refractivity (Wildman–Crippen MR) is 476 cm³/mol. The number of rotatable bonds is 39. The molecule has 1 rings (SSSR count). The summed E-state index contributed by atoms with van der Waals surface area (Å²) in [5, 5.41) is 35.2. The number of nitro groups is 1. The standard InChI is InChI=1S/C13H25NO4.C11H21NO4.C9H16O.C8H18N2O2.C8H15NO4.C8H17NO3S.C8H17NO2.2C7H15NO.C7H17N/c1-7-17-11(15)10(8-9(2)3)14-12(16)18-13(4,5)6;1-7(2)6-8(9(13)14)12-10(15)16-11(3,4)5;1-7(2)4-9-5-8(3)10-6-9;1-6(2)5-7(9)8(12)10-3-4-11;1-4-13-8(10)7(9(11)12)5-6(2)3;1-6(2)5-8(7(3)10)9-13(4,11)12;1-4-11-8(10)7(9)5-6(2)3;2*1-5(2)4-7(8)6(3)9;1-4-7(8)5-6(2)3/h9-10H,7-8H2,1-6H3,(H,14,16);7-8H,6H2,1-5H3,(H,12,15)(H,13,14);7,9H,3-6H2,1-2H3;6-7,11H,3-5,9H2,1-2H3,(H,10,12);6-7H,4-5H2,1-3H3;6,8-9H,5H2,1-4H3;6-7H,4-5,9H2,1-3H3;2*5,7H,4,8H2,1-3H3;6-7H,4-5,8H2,1-3H3. The number of carbonyl (C=O) groups is 10. The summed E-state index contributed by atoms with van der Waals surface area (Å²) in [6.45, 7) is 68.6. The molecule has 3 amide bonds. The molecular weight excluding hydrogens is 1560 g/mol. The average molecular weight is 1730 g/mol. The number of aliphatic hydroxyl groups excluding tert-OH is 1. The van der Waals surface area contributed by atoms with Gasteiger partial charge in [0.15, 0.2) is 0 Å². The SMILES string of the molecule is C=C1CC(CC(C)C)CO1.CC(=O)C(CC(C)C)NS(C)(=O)=O.CC(=O)C(N)CC(C)C.CC(=O)C(N)CC(C)C.CC(C)CC(N)C(=O)NCCO.CC(C)CC(NC(=O)OC(C)(C)C)C(=O)O.CCC(N)CC(C)C.CCOC(=O)C(CC(C)C)NC(=O)OC(C)(C)C.CCOC(=O)C(CC(C)C)[N+](=O)[O-].CCOC(=O)C(N)CC(C)C. The van der Waals surface area contributed by atoms with Crippen molar-refractivity contribution in [1.29, 1.82) is 0 Å². The number of hydrogen-bond acceptors (Lipinski definition) is 26. The molecule has 1 fully saturated rings. The van der Waals surface area contributed by atoms with Crippen LogP contribution in [0, 0.1) is 75.2 Å². The third-order valence-electron chi connectivity index (χ3n) is 15.2. The summed E-state index contributed by atoms with van der Waals surface area (Å²) in [5.41, 5.74) is 26.5. The van der Waals surface area contributed by atoms with Crippen molar-refractivity contribution >= 4 is 69.3 Å². The van der Waals surface area contributed by atoms with Crippen molar-refractivity contribution in [2.75, 3.05) is 45.8 Å². The average Bonchev–Trinajstić information content (AvgIpc) is 1.65. The second kappa shape index (κ2) is 74.2. The fourth-order valence-corrected chi connectivity index (χ4v) is 10.7. The van der Waals surface area contributed by atoms with Crippen molar-refractivity contribution in [3.8, 4) is 0 Å². The molecule has 0 aliphatic carbocycles. The number of hydrogen-bond donors (Lipinski definition) is 11. The van der Waals surface area contributed by atoms with Crippen LogP contribution in [0.2, 0.25) is 0 Å². The summed E-state index contributed by atoms with van der Waals surface area (Å²) in [4.78, 5) is 121. The lowest BCUT2D eigenvalue weighted by Gasteiger charge is -2.23. The Morgan fingerprint density at radius 1 is 0.504 bits per heavy atom. The number of esters is 3. The smallest absolute Gasteiger partial charge is 0.408 e. The number of aliphatic hydroxyl groups is 1. The molecule has 0 aromatic carbocycles. The van der Waals surface area contributed by atoms with Crippen LogP contribution in [-0.4, -0.2) is 194 Å². The quantitative estimate of drug-likeness (QED) is 0.0118. The van der Waals surface area contributed by atoms with Gasteiger partial charge in [0.2, 0.25) is 15.9 Å². The topological polar surface area (TPSA) is 522 Å². The van der Waals surface area contributed by atoms with Crippen LogP contribution >= 0.6 is 0 Å². The summed E-state index contributed by atoms with van der Waals surface area (Å²) in [7, 11) is -3.28. The Labute approximate surface area is 719 Å². The fraction of sp³-hybridized carbons (Fsp3) is 0.860. The van der Waals surface area contributed by atoms with E-state index < -0.39 is 92.5 Å². The zero-order valence-corrected chi connectivity index (χ0v) is 81.1. The molecular formula is C86H176N10O22S. The van der Waals surface area contributed by atoms with Crippen molar-refractivity contribution in [2.24, 2.45) is 93.8 Å². The number of allylic oxidation sites excluding steroid dienone is 1. The first kappa shape index (κ1) is 131. The Bertz CT molecular complexity index is 2820. The minimum absolute atomic E-state index is 0.0415. The Morgan fingerprint density at radius 2 is 0.840 bits per heavy atom. The van der Waals surface area contributed by atoms with E-state index in [1.807, 2.05) is 83.1 Å². The second-order valence-electron chi connectivity index (χ2n) is 35.9. The second-order valence-corrected chi connectivity index (χ2v) is 37.7. The molecule has 1 heterocycles. The van der Waals surface area contributed by atoms with E-state index in [-0.39, 0.29) is 85.2 Å². The number of nitrogens with two attached hydrogens (primary N) is 5. The Balaban J connectivity index is -0.000000163. The lowest BCUT2D eigenvalue weighted by Crippen LogP contribution is -2.44. The van der Waals surface area contributed by atoms with Crippen LogP contribution in [-0.2, 0) is 76.8 Å². The van der Waals surface area contributed by atoms with Gasteiger partial charge in [0.25, 0.3) is 0 Å². The number of ketones is 3. The van der Waals surface area contributed by atoms with Crippen LogP contribution in [0.25, 0.3) is 0 Å². The molecule has 119 heavy (non-hydrogen) atoms. The van der Waals surface area contributed by atoms with Gasteiger partial charge >= 0.3 is 42.1 Å². The number of nitrogens with zero attached hydrogens (tertiary/aromatic N) is 1. The number of amides is 3. The van der Waals surface area contributed by atoms with E-state index in [4.69, 9.17) is 62.6 Å². The van der Waals surface area contributed by atoms with E-state index in [2.05, 4.69) is 94.3 Å². The highest BCUT2D eigenvalue weighted by Crippen LogP contribution is 2.27. The summed E-state index contributed by atoms with van der Waals surface area (Å²) < 4.78 is 53.7. The fourth-order valence-electron chi connectivity index (χ4n) is 9.89. The van der Waals surface area contributed by atoms with Crippen LogP contribution in [0.3, 0.4) is 0 Å². The molecule has 708 valence electrons. The molecule has 10 atom stereocenters. The van der Waals surface area contributed by atoms with Gasteiger partial charge in [0.05, 0.1) is 69.2 Å². The molecule has 1 saturated heterocycles. The van der Waals surface area contributed by atoms with Crippen LogP contribution in [0.4, 0.5) is 9.59 Å². The molecule has 0 saturated carbocycles. The van der Waals surface area contributed by atoms with E-state index in [1.165, 1.54) is 27.2 Å². The third kappa shape index (κ3) is 98.5. The number of aliphatic carboxylic acids is 1. The van der Waals surface area contributed by atoms with Crippen LogP contribution in [0.5, 0.6) is 0 Å². The first-order chi connectivity index (χ1) is 54.0. The molecule has 16 N–H and O–H groups in total. The van der Waals surface area contributed by atoms with Crippen molar-refractivity contribution < 1.29 is 99.9 Å². The van der Waals surface area contributed by atoms with Gasteiger partial charge in [-0.1, -0.05) is 152 Å². The third-order valence-corrected chi connectivity index (χ3v) is 15.9. The van der Waals surface area contributed by atoms with Crippen LogP contribution < -0.4 is 49.3 Å². The number of alkyl carbamates (subject to hydrolysis) is 2. The van der Waals surface area contributed by atoms with Gasteiger partial charge < -0.3 is 83.3 Å². The molecule has 33 heteroatoms. The lowest BCUT2D eigenvalue weighted by atomic mass is 9.96. The number of carbonyl (C=O) groups excluding carboxylic acids is 9. The van der Waals surface area contributed by atoms with Crippen molar-refractivity contribution in [1.82, 2.24) is 20.7 Å². The molecule has 0 spiro atoms. The first-order valence-corrected chi connectivity index (χ1v) is 44.2. The largest absolute Gasteiger partial charge is 0.498 e. The number of carboxylic acids is 1. The van der Waals surface area contributed by atoms with Crippen LogP contribution in [0.15, 0.2) is 12.3 Å². The number of ether oxygens (including phenoxy) is 6. The van der Waals surface area contributed by atoms with Gasteiger partial charge in [-0.05, 0) is 206 Å². The number of carboxylic acid groups (broad SMARTS) is 1. The van der Waals surface area contributed by atoms with Gasteiger partial charge in [-0.3, -0.25) is 34.1 Å². The van der Waals surface area contributed by atoms with E-state index in [0.29, 0.717) is 80.9 Å². The molecule has 0 bridgehead atoms. The molecule has 0 aromatic rings. The zero-order valence-electron chi connectivity index (χ0n) is 80.3. The minimum atomic E-state index is -3.28. The molecule has 10 unspecified atom stereocenters. The van der Waals surface area contributed by atoms with Crippen molar-refractivity contribution in [2.45, 2.75) is 371 Å². The first-order valence-electron chi connectivity index (χ1n) is 42.4. The maximum Gasteiger partial charge on any atom is 0.408 e. The molecule has 1 aliphatic rings. The highest BCUT2D eigenvalue weighted by Gasteiger charge is 2.32. The highest BCUT2D eigenvalue weighted by molar-refractivity contribution is 7.88. The molecule has 32 nitrogen and oxygen atoms in total. The Kier molecular flexibility index (Phi) is 81.4. The minimum Gasteiger partial charge on any atom is -0.498 e. The molecule has 0 aromatic heterocycles. The summed E-state index contributed by atoms with van der Waals surface area (Å²) in [5.74, 6) is 3.39. The number of sulfonamides is 1. The number of Topliss-reactive ketones (excluding diaryl/α,β-unsaturated/α-hetero) is 3. The van der Waals surface area contributed by atoms with Crippen LogP contribution in [0.1, 0.15) is 306 Å². The summed E-state index contributed by atoms with van der Waals surface area (Å²) in [6, 6.07) is -4.29. The van der Waals surface area contributed by atoms with E-state index in [0.717, 1.165) is 68.5 Å². The van der Waals surface area contributed by atoms with E-state index in [1.54, 1.807) is 62.3 Å². The van der Waals surface area contributed by atoms with Gasteiger partial charge in [-0.2, -0.15) is 0 Å².